The SMILES string of the molecule is Cc1cccc(C)c1OCC(=O)Nc1ccccc1C(=O)NCC(C)C. The average Bonchev–Trinajstić information content (AvgIpc) is 2.59. The molecule has 26 heavy (non-hydrogen) atoms. The van der Waals surface area contributed by atoms with E-state index >= 15 is 0 Å². The molecule has 2 rings (SSSR count). The van der Waals surface area contributed by atoms with Crippen LogP contribution in [0.5, 0.6) is 5.75 Å². The summed E-state index contributed by atoms with van der Waals surface area (Å²) in [6.45, 7) is 8.39. The van der Waals surface area contributed by atoms with Crippen molar-refractivity contribution in [1.82, 2.24) is 5.32 Å². The van der Waals surface area contributed by atoms with Gasteiger partial charge < -0.3 is 15.4 Å². The van der Waals surface area contributed by atoms with E-state index in [-0.39, 0.29) is 18.4 Å². The van der Waals surface area contributed by atoms with Crippen molar-refractivity contribution in [3.8, 4) is 5.75 Å². The molecule has 2 aromatic rings. The Morgan fingerprint density at radius 3 is 2.31 bits per heavy atom. The second kappa shape index (κ2) is 9.04. The summed E-state index contributed by atoms with van der Waals surface area (Å²) >= 11 is 0. The molecule has 2 aromatic carbocycles. The van der Waals surface area contributed by atoms with Gasteiger partial charge in [-0.2, -0.15) is 0 Å². The number of carbonyl (C=O) groups is 2. The van der Waals surface area contributed by atoms with Crippen LogP contribution in [0.2, 0.25) is 0 Å². The number of ether oxygens (including phenoxy) is 1. The summed E-state index contributed by atoms with van der Waals surface area (Å²) in [6.07, 6.45) is 0. The zero-order valence-corrected chi connectivity index (χ0v) is 15.8. The molecule has 0 aliphatic rings. The minimum atomic E-state index is -0.309. The fraction of sp³-hybridized carbons (Fsp3) is 0.333. The third-order valence-electron chi connectivity index (χ3n) is 3.87. The predicted molar refractivity (Wildman–Crippen MR) is 104 cm³/mol. The third-order valence-corrected chi connectivity index (χ3v) is 3.87. The maximum atomic E-state index is 12.3. The molecule has 0 atom stereocenters. The Labute approximate surface area is 154 Å². The summed E-state index contributed by atoms with van der Waals surface area (Å²) in [5.74, 6) is 0.555. The van der Waals surface area contributed by atoms with Gasteiger partial charge in [-0.05, 0) is 43.0 Å². The van der Waals surface area contributed by atoms with Gasteiger partial charge >= 0.3 is 0 Å². The fourth-order valence-corrected chi connectivity index (χ4v) is 2.53. The van der Waals surface area contributed by atoms with Crippen LogP contribution in [0.3, 0.4) is 0 Å². The predicted octanol–water partition coefficient (Wildman–Crippen LogP) is 3.71. The number of hydrogen-bond acceptors (Lipinski definition) is 3. The first-order chi connectivity index (χ1) is 12.4. The lowest BCUT2D eigenvalue weighted by molar-refractivity contribution is -0.118. The topological polar surface area (TPSA) is 67.4 Å². The van der Waals surface area contributed by atoms with Gasteiger partial charge in [-0.15, -0.1) is 0 Å². The lowest BCUT2D eigenvalue weighted by Crippen LogP contribution is -2.29. The molecular weight excluding hydrogens is 328 g/mol. The van der Waals surface area contributed by atoms with Crippen LogP contribution >= 0.6 is 0 Å². The molecule has 0 spiro atoms. The number of hydrogen-bond donors (Lipinski definition) is 2. The lowest BCUT2D eigenvalue weighted by atomic mass is 10.1. The van der Waals surface area contributed by atoms with Gasteiger partial charge in [0.25, 0.3) is 11.8 Å². The van der Waals surface area contributed by atoms with Crippen molar-refractivity contribution in [3.05, 3.63) is 59.2 Å². The number of benzene rings is 2. The van der Waals surface area contributed by atoms with E-state index in [4.69, 9.17) is 4.74 Å². The summed E-state index contributed by atoms with van der Waals surface area (Å²) in [5, 5.41) is 5.63. The number of amides is 2. The zero-order valence-electron chi connectivity index (χ0n) is 15.8. The van der Waals surface area contributed by atoms with Gasteiger partial charge in [0.2, 0.25) is 0 Å². The largest absolute Gasteiger partial charge is 0.483 e. The molecule has 5 nitrogen and oxygen atoms in total. The van der Waals surface area contributed by atoms with Crippen molar-refractivity contribution < 1.29 is 14.3 Å². The Bertz CT molecular complexity index is 764. The molecule has 0 radical (unpaired) electrons. The van der Waals surface area contributed by atoms with Gasteiger partial charge in [-0.3, -0.25) is 9.59 Å². The Morgan fingerprint density at radius 2 is 1.65 bits per heavy atom. The molecule has 138 valence electrons. The fourth-order valence-electron chi connectivity index (χ4n) is 2.53. The molecule has 0 fully saturated rings. The summed E-state index contributed by atoms with van der Waals surface area (Å²) < 4.78 is 5.67. The molecule has 0 heterocycles. The van der Waals surface area contributed by atoms with Crippen LogP contribution < -0.4 is 15.4 Å². The highest BCUT2D eigenvalue weighted by atomic mass is 16.5. The van der Waals surface area contributed by atoms with Crippen LogP contribution in [0, 0.1) is 19.8 Å². The van der Waals surface area contributed by atoms with E-state index < -0.39 is 0 Å². The number of rotatable bonds is 7. The zero-order chi connectivity index (χ0) is 19.1. The van der Waals surface area contributed by atoms with Crippen LogP contribution in [0.4, 0.5) is 5.69 Å². The van der Waals surface area contributed by atoms with Gasteiger partial charge in [-0.25, -0.2) is 0 Å². The molecule has 2 N–H and O–H groups in total. The molecule has 2 amide bonds. The van der Waals surface area contributed by atoms with E-state index in [2.05, 4.69) is 10.6 Å². The summed E-state index contributed by atoms with van der Waals surface area (Å²) in [7, 11) is 0. The van der Waals surface area contributed by atoms with E-state index in [1.165, 1.54) is 0 Å². The highest BCUT2D eigenvalue weighted by Crippen LogP contribution is 2.22. The highest BCUT2D eigenvalue weighted by molar-refractivity contribution is 6.04. The minimum absolute atomic E-state index is 0.117. The van der Waals surface area contributed by atoms with Crippen molar-refractivity contribution >= 4 is 17.5 Å². The van der Waals surface area contributed by atoms with E-state index in [1.807, 2.05) is 45.9 Å². The van der Waals surface area contributed by atoms with E-state index in [0.29, 0.717) is 29.5 Å². The van der Waals surface area contributed by atoms with E-state index in [1.54, 1.807) is 24.3 Å². The highest BCUT2D eigenvalue weighted by Gasteiger charge is 2.14. The number of nitrogens with one attached hydrogen (secondary N) is 2. The van der Waals surface area contributed by atoms with E-state index in [0.717, 1.165) is 11.1 Å². The monoisotopic (exact) mass is 354 g/mol. The van der Waals surface area contributed by atoms with Crippen LogP contribution in [-0.4, -0.2) is 25.0 Å². The second-order valence-electron chi connectivity index (χ2n) is 6.71. The summed E-state index contributed by atoms with van der Waals surface area (Å²) in [4.78, 5) is 24.6. The first kappa shape index (κ1) is 19.5. The van der Waals surface area contributed by atoms with Crippen molar-refractivity contribution in [2.75, 3.05) is 18.5 Å². The Morgan fingerprint density at radius 1 is 1.00 bits per heavy atom. The van der Waals surface area contributed by atoms with Crippen molar-refractivity contribution in [2.24, 2.45) is 5.92 Å². The minimum Gasteiger partial charge on any atom is -0.483 e. The maximum absolute atomic E-state index is 12.3. The van der Waals surface area contributed by atoms with Gasteiger partial charge in [0.1, 0.15) is 5.75 Å². The lowest BCUT2D eigenvalue weighted by Gasteiger charge is -2.14. The summed E-state index contributed by atoms with van der Waals surface area (Å²) in [5.41, 5.74) is 2.87. The first-order valence-corrected chi connectivity index (χ1v) is 8.74. The van der Waals surface area contributed by atoms with Crippen LogP contribution in [0.1, 0.15) is 35.3 Å². The number of carbonyl (C=O) groups excluding carboxylic acids is 2. The standard InChI is InChI=1S/C21H26N2O3/c1-14(2)12-22-21(25)17-10-5-6-11-18(17)23-19(24)13-26-20-15(3)8-7-9-16(20)4/h5-11,14H,12-13H2,1-4H3,(H,22,25)(H,23,24). The first-order valence-electron chi connectivity index (χ1n) is 8.74. The van der Waals surface area contributed by atoms with Crippen LogP contribution in [0.15, 0.2) is 42.5 Å². The van der Waals surface area contributed by atoms with Gasteiger partial charge in [-0.1, -0.05) is 44.2 Å². The van der Waals surface area contributed by atoms with Crippen LogP contribution in [-0.2, 0) is 4.79 Å². The van der Waals surface area contributed by atoms with Crippen molar-refractivity contribution in [1.29, 1.82) is 0 Å². The molecule has 0 unspecified atom stereocenters. The molecular formula is C21H26N2O3. The molecule has 0 saturated carbocycles. The average molecular weight is 354 g/mol. The van der Waals surface area contributed by atoms with Gasteiger partial charge in [0.05, 0.1) is 11.3 Å². The molecule has 0 aliphatic heterocycles. The van der Waals surface area contributed by atoms with Gasteiger partial charge in [0.15, 0.2) is 6.61 Å². The molecule has 0 bridgehead atoms. The normalized spacial score (nSPS) is 10.5. The van der Waals surface area contributed by atoms with Crippen molar-refractivity contribution in [3.63, 3.8) is 0 Å². The molecule has 0 aromatic heterocycles. The smallest absolute Gasteiger partial charge is 0.262 e. The summed E-state index contributed by atoms with van der Waals surface area (Å²) in [6, 6.07) is 12.8. The molecule has 0 saturated heterocycles. The van der Waals surface area contributed by atoms with E-state index in [9.17, 15) is 9.59 Å². The maximum Gasteiger partial charge on any atom is 0.262 e. The number of para-hydroxylation sites is 2. The number of anilines is 1. The van der Waals surface area contributed by atoms with Gasteiger partial charge in [0, 0.05) is 6.54 Å². The Hall–Kier alpha value is -2.82. The third kappa shape index (κ3) is 5.34. The molecule has 0 aliphatic carbocycles. The Balaban J connectivity index is 2.02. The Kier molecular flexibility index (Phi) is 6.78. The molecule has 5 heteroatoms. The second-order valence-corrected chi connectivity index (χ2v) is 6.71. The van der Waals surface area contributed by atoms with Crippen LogP contribution in [0.25, 0.3) is 0 Å². The number of aryl methyl sites for hydroxylation is 2. The quantitative estimate of drug-likeness (QED) is 0.796. The van der Waals surface area contributed by atoms with Crippen molar-refractivity contribution in [2.45, 2.75) is 27.7 Å².